The SMILES string of the molecule is CCCn1c(C2CCCN(C(=O)c3cc(OC(C)C)n(C)n3)C2)nc2ccccc21. The Morgan fingerprint density at radius 2 is 2.10 bits per heavy atom. The molecule has 2 aromatic heterocycles. The molecular formula is C23H31N5O2. The van der Waals surface area contributed by atoms with Crippen molar-refractivity contribution in [2.24, 2.45) is 7.05 Å². The standard InChI is InChI=1S/C23H31N5O2/c1-5-12-28-20-11-7-6-10-18(20)24-22(28)17-9-8-13-27(15-17)23(29)19-14-21(26(4)25-19)30-16(2)3/h6-7,10-11,14,16-17H,5,8-9,12-13,15H2,1-4H3. The molecule has 7 nitrogen and oxygen atoms in total. The van der Waals surface area contributed by atoms with Crippen molar-refractivity contribution in [1.29, 1.82) is 0 Å². The maximum absolute atomic E-state index is 13.2. The Kier molecular flexibility index (Phi) is 5.79. The number of piperidine rings is 1. The molecule has 0 bridgehead atoms. The summed E-state index contributed by atoms with van der Waals surface area (Å²) in [5, 5.41) is 4.40. The molecule has 30 heavy (non-hydrogen) atoms. The van der Waals surface area contributed by atoms with Gasteiger partial charge in [0.2, 0.25) is 5.88 Å². The van der Waals surface area contributed by atoms with Crippen LogP contribution in [-0.2, 0) is 13.6 Å². The molecule has 0 saturated carbocycles. The van der Waals surface area contributed by atoms with Crippen LogP contribution in [0.25, 0.3) is 11.0 Å². The van der Waals surface area contributed by atoms with Crippen LogP contribution in [0.15, 0.2) is 30.3 Å². The fourth-order valence-electron chi connectivity index (χ4n) is 4.31. The third-order valence-corrected chi connectivity index (χ3v) is 5.62. The van der Waals surface area contributed by atoms with Crippen molar-refractivity contribution in [3.63, 3.8) is 0 Å². The average molecular weight is 410 g/mol. The van der Waals surface area contributed by atoms with E-state index >= 15 is 0 Å². The van der Waals surface area contributed by atoms with E-state index in [9.17, 15) is 4.79 Å². The summed E-state index contributed by atoms with van der Waals surface area (Å²) >= 11 is 0. The Balaban J connectivity index is 1.57. The van der Waals surface area contributed by atoms with E-state index in [1.54, 1.807) is 17.8 Å². The van der Waals surface area contributed by atoms with Crippen LogP contribution < -0.4 is 4.74 Å². The van der Waals surface area contributed by atoms with Crippen molar-refractivity contribution in [3.8, 4) is 5.88 Å². The lowest BCUT2D eigenvalue weighted by Gasteiger charge is -2.32. The number of imidazole rings is 1. The minimum absolute atomic E-state index is 0.0351. The number of aromatic nitrogens is 4. The quantitative estimate of drug-likeness (QED) is 0.618. The highest BCUT2D eigenvalue weighted by Gasteiger charge is 2.30. The van der Waals surface area contributed by atoms with Gasteiger partial charge in [-0.15, -0.1) is 0 Å². The lowest BCUT2D eigenvalue weighted by molar-refractivity contribution is 0.0696. The molecular weight excluding hydrogens is 378 g/mol. The maximum Gasteiger partial charge on any atom is 0.274 e. The first-order chi connectivity index (χ1) is 14.5. The number of aryl methyl sites for hydroxylation is 2. The summed E-state index contributed by atoms with van der Waals surface area (Å²) < 4.78 is 9.72. The number of rotatable bonds is 6. The van der Waals surface area contributed by atoms with Gasteiger partial charge in [-0.2, -0.15) is 5.10 Å². The van der Waals surface area contributed by atoms with Crippen LogP contribution >= 0.6 is 0 Å². The van der Waals surface area contributed by atoms with E-state index in [1.807, 2.05) is 24.8 Å². The zero-order valence-corrected chi connectivity index (χ0v) is 18.3. The van der Waals surface area contributed by atoms with Gasteiger partial charge in [0, 0.05) is 38.7 Å². The Bertz CT molecular complexity index is 1040. The molecule has 3 aromatic rings. The topological polar surface area (TPSA) is 65.2 Å². The average Bonchev–Trinajstić information content (AvgIpc) is 3.28. The van der Waals surface area contributed by atoms with Crippen LogP contribution in [0.1, 0.15) is 62.3 Å². The summed E-state index contributed by atoms with van der Waals surface area (Å²) in [6.45, 7) is 8.48. The summed E-state index contributed by atoms with van der Waals surface area (Å²) in [6.07, 6.45) is 3.10. The highest BCUT2D eigenvalue weighted by molar-refractivity contribution is 5.92. The summed E-state index contributed by atoms with van der Waals surface area (Å²) in [5.41, 5.74) is 2.65. The molecule has 1 atom stereocenters. The molecule has 1 unspecified atom stereocenters. The first-order valence-electron chi connectivity index (χ1n) is 10.9. The van der Waals surface area contributed by atoms with E-state index in [4.69, 9.17) is 9.72 Å². The van der Waals surface area contributed by atoms with Gasteiger partial charge in [-0.05, 0) is 45.2 Å². The van der Waals surface area contributed by atoms with Crippen molar-refractivity contribution in [2.45, 2.75) is 58.6 Å². The molecule has 0 radical (unpaired) electrons. The summed E-state index contributed by atoms with van der Waals surface area (Å²) in [7, 11) is 1.81. The van der Waals surface area contributed by atoms with Gasteiger partial charge in [0.15, 0.2) is 5.69 Å². The molecule has 0 aliphatic carbocycles. The van der Waals surface area contributed by atoms with Crippen molar-refractivity contribution < 1.29 is 9.53 Å². The van der Waals surface area contributed by atoms with Crippen molar-refractivity contribution in [2.75, 3.05) is 13.1 Å². The third-order valence-electron chi connectivity index (χ3n) is 5.62. The van der Waals surface area contributed by atoms with E-state index in [1.165, 1.54) is 5.52 Å². The van der Waals surface area contributed by atoms with Gasteiger partial charge in [0.25, 0.3) is 5.91 Å². The van der Waals surface area contributed by atoms with Crippen molar-refractivity contribution in [3.05, 3.63) is 41.9 Å². The van der Waals surface area contributed by atoms with Crippen LogP contribution in [0.5, 0.6) is 5.88 Å². The molecule has 4 rings (SSSR count). The predicted octanol–water partition coefficient (Wildman–Crippen LogP) is 3.99. The minimum Gasteiger partial charge on any atom is -0.475 e. The number of para-hydroxylation sites is 2. The Labute approximate surface area is 177 Å². The summed E-state index contributed by atoms with van der Waals surface area (Å²) in [4.78, 5) is 20.1. The second kappa shape index (κ2) is 8.50. The van der Waals surface area contributed by atoms with Gasteiger partial charge in [0.05, 0.1) is 17.1 Å². The van der Waals surface area contributed by atoms with E-state index in [2.05, 4.69) is 34.8 Å². The number of hydrogen-bond donors (Lipinski definition) is 0. The molecule has 1 fully saturated rings. The van der Waals surface area contributed by atoms with Gasteiger partial charge in [-0.25, -0.2) is 9.67 Å². The molecule has 1 amide bonds. The van der Waals surface area contributed by atoms with Crippen LogP contribution in [0.4, 0.5) is 0 Å². The van der Waals surface area contributed by atoms with Crippen LogP contribution in [0.3, 0.4) is 0 Å². The smallest absolute Gasteiger partial charge is 0.274 e. The Hall–Kier alpha value is -2.83. The number of carbonyl (C=O) groups excluding carboxylic acids is 1. The maximum atomic E-state index is 13.2. The zero-order chi connectivity index (χ0) is 21.3. The molecule has 3 heterocycles. The van der Waals surface area contributed by atoms with Crippen LogP contribution in [0, 0.1) is 0 Å². The van der Waals surface area contributed by atoms with Crippen molar-refractivity contribution >= 4 is 16.9 Å². The van der Waals surface area contributed by atoms with Gasteiger partial charge < -0.3 is 14.2 Å². The highest BCUT2D eigenvalue weighted by atomic mass is 16.5. The number of hydrogen-bond acceptors (Lipinski definition) is 4. The second-order valence-electron chi connectivity index (χ2n) is 8.36. The Morgan fingerprint density at radius 1 is 1.30 bits per heavy atom. The van der Waals surface area contributed by atoms with Crippen LogP contribution in [0.2, 0.25) is 0 Å². The second-order valence-corrected chi connectivity index (χ2v) is 8.36. The van der Waals surface area contributed by atoms with Gasteiger partial charge in [-0.3, -0.25) is 4.79 Å². The minimum atomic E-state index is -0.0351. The lowest BCUT2D eigenvalue weighted by Crippen LogP contribution is -2.40. The monoisotopic (exact) mass is 409 g/mol. The Morgan fingerprint density at radius 3 is 2.87 bits per heavy atom. The molecule has 1 aromatic carbocycles. The molecule has 160 valence electrons. The largest absolute Gasteiger partial charge is 0.475 e. The molecule has 1 aliphatic heterocycles. The lowest BCUT2D eigenvalue weighted by atomic mass is 9.96. The number of carbonyl (C=O) groups is 1. The molecule has 1 saturated heterocycles. The van der Waals surface area contributed by atoms with Gasteiger partial charge >= 0.3 is 0 Å². The van der Waals surface area contributed by atoms with Crippen molar-refractivity contribution in [1.82, 2.24) is 24.2 Å². The summed E-state index contributed by atoms with van der Waals surface area (Å²) in [6, 6.07) is 10.1. The van der Waals surface area contributed by atoms with E-state index in [0.29, 0.717) is 18.1 Å². The van der Waals surface area contributed by atoms with E-state index in [-0.39, 0.29) is 17.9 Å². The fraction of sp³-hybridized carbons (Fsp3) is 0.522. The molecule has 1 aliphatic rings. The number of ether oxygens (including phenoxy) is 1. The number of nitrogens with zero attached hydrogens (tertiary/aromatic N) is 5. The fourth-order valence-corrected chi connectivity index (χ4v) is 4.31. The predicted molar refractivity (Wildman–Crippen MR) is 117 cm³/mol. The highest BCUT2D eigenvalue weighted by Crippen LogP contribution is 2.30. The first kappa shape index (κ1) is 20.4. The van der Waals surface area contributed by atoms with Gasteiger partial charge in [0.1, 0.15) is 5.82 Å². The zero-order valence-electron chi connectivity index (χ0n) is 18.3. The van der Waals surface area contributed by atoms with E-state index < -0.39 is 0 Å². The van der Waals surface area contributed by atoms with E-state index in [0.717, 1.165) is 43.7 Å². The van der Waals surface area contributed by atoms with Crippen LogP contribution in [-0.4, -0.2) is 49.3 Å². The molecule has 0 N–H and O–H groups in total. The number of amides is 1. The number of likely N-dealkylation sites (tertiary alicyclic amines) is 1. The van der Waals surface area contributed by atoms with Gasteiger partial charge in [-0.1, -0.05) is 19.1 Å². The molecule has 7 heteroatoms. The number of benzene rings is 1. The summed E-state index contributed by atoms with van der Waals surface area (Å²) in [5.74, 6) is 1.91. The molecule has 0 spiro atoms. The number of fused-ring (bicyclic) bond motifs is 1. The third kappa shape index (κ3) is 3.93. The first-order valence-corrected chi connectivity index (χ1v) is 10.9. The normalized spacial score (nSPS) is 17.1.